The molecule has 0 saturated heterocycles. The van der Waals surface area contributed by atoms with Gasteiger partial charge in [0.05, 0.1) is 24.6 Å². The van der Waals surface area contributed by atoms with Gasteiger partial charge in [0.1, 0.15) is 11.6 Å². The highest BCUT2D eigenvalue weighted by atomic mass is 16.1. The van der Waals surface area contributed by atoms with Crippen LogP contribution in [0.4, 0.5) is 0 Å². The lowest BCUT2D eigenvalue weighted by atomic mass is 9.99. The van der Waals surface area contributed by atoms with E-state index < -0.39 is 0 Å². The summed E-state index contributed by atoms with van der Waals surface area (Å²) < 4.78 is 5.03. The first-order valence-electron chi connectivity index (χ1n) is 9.08. The molecule has 0 atom stereocenters. The fourth-order valence-corrected chi connectivity index (χ4v) is 3.61. The largest absolute Gasteiger partial charge is 0.327 e. The fraction of sp³-hybridized carbons (Fsp3) is 0.238. The number of fused-ring (bicyclic) bond motifs is 1. The van der Waals surface area contributed by atoms with Gasteiger partial charge in [0.25, 0.3) is 5.56 Å². The molecule has 0 aliphatic rings. The topological polar surface area (TPSA) is 80.9 Å². The van der Waals surface area contributed by atoms with Crippen LogP contribution in [0.3, 0.4) is 0 Å². The van der Waals surface area contributed by atoms with Crippen LogP contribution in [-0.4, -0.2) is 24.0 Å². The fourth-order valence-electron chi connectivity index (χ4n) is 3.61. The zero-order valence-electron chi connectivity index (χ0n) is 16.0. The molecule has 0 aliphatic heterocycles. The highest BCUT2D eigenvalue weighted by molar-refractivity contribution is 5.68. The summed E-state index contributed by atoms with van der Waals surface area (Å²) >= 11 is 0. The zero-order chi connectivity index (χ0) is 19.8. The maximum atomic E-state index is 13.1. The molecule has 7 heteroatoms. The lowest BCUT2D eigenvalue weighted by Crippen LogP contribution is -2.25. The molecule has 0 fully saturated rings. The van der Waals surface area contributed by atoms with Crippen LogP contribution in [0, 0.1) is 11.3 Å². The second kappa shape index (κ2) is 6.82. The van der Waals surface area contributed by atoms with E-state index in [1.807, 2.05) is 66.7 Å². The highest BCUT2D eigenvalue weighted by Crippen LogP contribution is 2.28. The van der Waals surface area contributed by atoms with E-state index in [1.165, 1.54) is 10.7 Å². The summed E-state index contributed by atoms with van der Waals surface area (Å²) in [4.78, 5) is 13.1. The third-order valence-electron chi connectivity index (χ3n) is 4.87. The molecular weight excluding hydrogens is 352 g/mol. The molecule has 0 N–H and O–H groups in total. The summed E-state index contributed by atoms with van der Waals surface area (Å²) in [5.41, 5.74) is 4.07. The molecule has 0 saturated carbocycles. The molecule has 4 rings (SSSR count). The first kappa shape index (κ1) is 17.7. The molecule has 0 spiro atoms. The lowest BCUT2D eigenvalue weighted by molar-refractivity contribution is 0.687. The highest BCUT2D eigenvalue weighted by Gasteiger charge is 2.22. The molecule has 1 aromatic carbocycles. The number of hydrogen-bond acceptors (Lipinski definition) is 4. The number of nitriles is 1. The average molecular weight is 372 g/mol. The number of nitrogens with zero attached hydrogens (tertiary/aromatic N) is 6. The Morgan fingerprint density at radius 3 is 2.57 bits per heavy atom. The van der Waals surface area contributed by atoms with Crippen molar-refractivity contribution in [2.24, 2.45) is 7.05 Å². The Kier molecular flexibility index (Phi) is 4.32. The van der Waals surface area contributed by atoms with E-state index in [9.17, 15) is 10.1 Å². The van der Waals surface area contributed by atoms with Crippen LogP contribution >= 0.6 is 0 Å². The molecule has 7 nitrogen and oxygen atoms in total. The monoisotopic (exact) mass is 372 g/mol. The number of hydrogen-bond donors (Lipinski definition) is 0. The quantitative estimate of drug-likeness (QED) is 0.552. The standard InChI is InChI=1S/C21H20N6O/c1-14(2)18-19(25(3)20-16(9-22)10-24-27(20)21(18)28)17-11-23-26(13-17)12-15-7-5-4-6-8-15/h4-8,10-11,13-14H,12H2,1-3H3. The number of benzene rings is 1. The van der Waals surface area contributed by atoms with Crippen LogP contribution in [0.15, 0.2) is 53.7 Å². The summed E-state index contributed by atoms with van der Waals surface area (Å²) in [7, 11) is 1.85. The van der Waals surface area contributed by atoms with Crippen LogP contribution in [0.5, 0.6) is 0 Å². The van der Waals surface area contributed by atoms with E-state index >= 15 is 0 Å². The number of rotatable bonds is 4. The Hall–Kier alpha value is -3.66. The van der Waals surface area contributed by atoms with Gasteiger partial charge in [-0.1, -0.05) is 44.2 Å². The van der Waals surface area contributed by atoms with Gasteiger partial charge in [-0.05, 0) is 11.5 Å². The van der Waals surface area contributed by atoms with Crippen LogP contribution in [0.1, 0.15) is 36.5 Å². The Labute approximate surface area is 162 Å². The van der Waals surface area contributed by atoms with Crippen LogP contribution in [-0.2, 0) is 13.6 Å². The molecule has 0 radical (unpaired) electrons. The predicted octanol–water partition coefficient (Wildman–Crippen LogP) is 2.94. The van der Waals surface area contributed by atoms with Crippen molar-refractivity contribution in [3.63, 3.8) is 0 Å². The molecule has 4 aromatic rings. The van der Waals surface area contributed by atoms with Gasteiger partial charge in [-0.15, -0.1) is 0 Å². The van der Waals surface area contributed by atoms with Gasteiger partial charge in [0, 0.05) is 24.4 Å². The minimum absolute atomic E-state index is 0.00897. The van der Waals surface area contributed by atoms with Gasteiger partial charge in [0.15, 0.2) is 5.65 Å². The molecule has 28 heavy (non-hydrogen) atoms. The third kappa shape index (κ3) is 2.79. The van der Waals surface area contributed by atoms with E-state index in [2.05, 4.69) is 16.3 Å². The van der Waals surface area contributed by atoms with Gasteiger partial charge >= 0.3 is 0 Å². The number of aryl methyl sites for hydroxylation is 1. The van der Waals surface area contributed by atoms with E-state index in [0.717, 1.165) is 16.8 Å². The molecule has 140 valence electrons. The normalized spacial score (nSPS) is 11.2. The van der Waals surface area contributed by atoms with Crippen molar-refractivity contribution < 1.29 is 0 Å². The predicted molar refractivity (Wildman–Crippen MR) is 106 cm³/mol. The van der Waals surface area contributed by atoms with E-state index in [1.54, 1.807) is 6.20 Å². The lowest BCUT2D eigenvalue weighted by Gasteiger charge is -2.17. The second-order valence-corrected chi connectivity index (χ2v) is 7.10. The van der Waals surface area contributed by atoms with Gasteiger partial charge in [-0.25, -0.2) is 0 Å². The van der Waals surface area contributed by atoms with Crippen molar-refractivity contribution in [3.05, 3.63) is 76.0 Å². The molecule has 0 bridgehead atoms. The maximum Gasteiger partial charge on any atom is 0.278 e. The van der Waals surface area contributed by atoms with Crippen LogP contribution < -0.4 is 5.56 Å². The molecule has 0 unspecified atom stereocenters. The number of aromatic nitrogens is 5. The maximum absolute atomic E-state index is 13.1. The molecule has 3 aromatic heterocycles. The molecule has 0 amide bonds. The van der Waals surface area contributed by atoms with Crippen molar-refractivity contribution in [1.29, 1.82) is 5.26 Å². The molecule has 0 aliphatic carbocycles. The zero-order valence-corrected chi connectivity index (χ0v) is 16.0. The van der Waals surface area contributed by atoms with E-state index in [-0.39, 0.29) is 11.5 Å². The summed E-state index contributed by atoms with van der Waals surface area (Å²) in [5.74, 6) is -0.00897. The van der Waals surface area contributed by atoms with Crippen molar-refractivity contribution in [1.82, 2.24) is 24.0 Å². The Balaban J connectivity index is 1.91. The Morgan fingerprint density at radius 2 is 1.89 bits per heavy atom. The van der Waals surface area contributed by atoms with Crippen molar-refractivity contribution in [2.75, 3.05) is 0 Å². The van der Waals surface area contributed by atoms with Crippen LogP contribution in [0.25, 0.3) is 16.9 Å². The first-order valence-corrected chi connectivity index (χ1v) is 9.08. The van der Waals surface area contributed by atoms with Gasteiger partial charge in [-0.3, -0.25) is 9.48 Å². The summed E-state index contributed by atoms with van der Waals surface area (Å²) in [5, 5.41) is 18.0. The van der Waals surface area contributed by atoms with Crippen molar-refractivity contribution in [2.45, 2.75) is 26.3 Å². The van der Waals surface area contributed by atoms with Crippen molar-refractivity contribution >= 4 is 5.65 Å². The Morgan fingerprint density at radius 1 is 1.14 bits per heavy atom. The van der Waals surface area contributed by atoms with Crippen molar-refractivity contribution in [3.8, 4) is 17.3 Å². The summed E-state index contributed by atoms with van der Waals surface area (Å²) in [6, 6.07) is 12.2. The van der Waals surface area contributed by atoms with E-state index in [4.69, 9.17) is 0 Å². The summed E-state index contributed by atoms with van der Waals surface area (Å²) in [6.07, 6.45) is 5.14. The second-order valence-electron chi connectivity index (χ2n) is 7.10. The first-order chi connectivity index (χ1) is 13.5. The van der Waals surface area contributed by atoms with Gasteiger partial charge in [-0.2, -0.15) is 20.0 Å². The third-order valence-corrected chi connectivity index (χ3v) is 4.87. The minimum Gasteiger partial charge on any atom is -0.327 e. The SMILES string of the molecule is CC(C)c1c(-c2cnn(Cc3ccccc3)c2)n(C)c2c(C#N)cnn2c1=O. The van der Waals surface area contributed by atoms with Crippen LogP contribution in [0.2, 0.25) is 0 Å². The van der Waals surface area contributed by atoms with E-state index in [0.29, 0.717) is 23.3 Å². The average Bonchev–Trinajstić information content (AvgIpc) is 3.32. The molecule has 3 heterocycles. The van der Waals surface area contributed by atoms with Gasteiger partial charge in [0.2, 0.25) is 0 Å². The Bertz CT molecular complexity index is 1250. The minimum atomic E-state index is -0.199. The molecular formula is C21H20N6O. The van der Waals surface area contributed by atoms with Gasteiger partial charge < -0.3 is 4.57 Å². The smallest absolute Gasteiger partial charge is 0.278 e. The summed E-state index contributed by atoms with van der Waals surface area (Å²) in [6.45, 7) is 4.61.